The Hall–Kier alpha value is -4.06. The minimum absolute atomic E-state index is 0.121. The number of carbonyl (C=O) groups is 1. The summed E-state index contributed by atoms with van der Waals surface area (Å²) in [7, 11) is 3.08. The minimum atomic E-state index is -0.244. The number of nitrogens with zero attached hydrogens (tertiary/aromatic N) is 1. The molecule has 1 N–H and O–H groups in total. The van der Waals surface area contributed by atoms with E-state index in [4.69, 9.17) is 9.47 Å². The Kier molecular flexibility index (Phi) is 6.18. The van der Waals surface area contributed by atoms with Crippen molar-refractivity contribution in [2.24, 2.45) is 0 Å². The zero-order chi connectivity index (χ0) is 23.5. The molecule has 0 aliphatic rings. The molecule has 0 bridgehead atoms. The fraction of sp³-hybridized carbons (Fsp3) is 0.185. The van der Waals surface area contributed by atoms with E-state index >= 15 is 0 Å². The van der Waals surface area contributed by atoms with Crippen molar-refractivity contribution in [3.63, 3.8) is 0 Å². The van der Waals surface area contributed by atoms with Crippen LogP contribution in [0.25, 0.3) is 10.9 Å². The Morgan fingerprint density at radius 1 is 0.879 bits per heavy atom. The lowest BCUT2D eigenvalue weighted by Gasteiger charge is -2.24. The van der Waals surface area contributed by atoms with Crippen LogP contribution in [0.5, 0.6) is 11.5 Å². The predicted octanol–water partition coefficient (Wildman–Crippen LogP) is 5.01. The molecule has 4 aromatic rings. The van der Waals surface area contributed by atoms with Gasteiger partial charge in [-0.2, -0.15) is 0 Å². The molecule has 1 amide bonds. The van der Waals surface area contributed by atoms with E-state index in [9.17, 15) is 9.59 Å². The number of H-pyrrole nitrogens is 1. The number of aromatic nitrogens is 1. The SMILES string of the molecule is COc1ccc(C(=O)N(Cc2cc3ccccc3[nH]c2=O)c2ccc(C)c(C)c2)cc1OC. The smallest absolute Gasteiger partial charge is 0.258 e. The summed E-state index contributed by atoms with van der Waals surface area (Å²) in [6.07, 6.45) is 0. The lowest BCUT2D eigenvalue weighted by atomic mass is 10.1. The number of aryl methyl sites for hydroxylation is 2. The monoisotopic (exact) mass is 442 g/mol. The molecule has 3 aromatic carbocycles. The van der Waals surface area contributed by atoms with Crippen molar-refractivity contribution < 1.29 is 14.3 Å². The van der Waals surface area contributed by atoms with Crippen LogP contribution in [0.15, 0.2) is 71.5 Å². The van der Waals surface area contributed by atoms with E-state index in [2.05, 4.69) is 4.98 Å². The summed E-state index contributed by atoms with van der Waals surface area (Å²) in [5, 5.41) is 0.908. The second-order valence-corrected chi connectivity index (χ2v) is 7.94. The van der Waals surface area contributed by atoms with Crippen LogP contribution in [0.1, 0.15) is 27.0 Å². The summed E-state index contributed by atoms with van der Waals surface area (Å²) >= 11 is 0. The highest BCUT2D eigenvalue weighted by Gasteiger charge is 2.22. The fourth-order valence-electron chi connectivity index (χ4n) is 3.78. The lowest BCUT2D eigenvalue weighted by Crippen LogP contribution is -2.33. The molecule has 6 heteroatoms. The number of methoxy groups -OCH3 is 2. The summed E-state index contributed by atoms with van der Waals surface area (Å²) in [6, 6.07) is 20.3. The minimum Gasteiger partial charge on any atom is -0.493 e. The highest BCUT2D eigenvalue weighted by molar-refractivity contribution is 6.06. The Bertz CT molecular complexity index is 1390. The molecule has 0 saturated carbocycles. The third kappa shape index (κ3) is 4.46. The van der Waals surface area contributed by atoms with Crippen LogP contribution in [0.2, 0.25) is 0 Å². The molecular weight excluding hydrogens is 416 g/mol. The maximum atomic E-state index is 13.7. The number of nitrogens with one attached hydrogen (secondary N) is 1. The summed E-state index contributed by atoms with van der Waals surface area (Å²) in [5.74, 6) is 0.761. The van der Waals surface area contributed by atoms with Gasteiger partial charge in [0.05, 0.1) is 20.8 Å². The van der Waals surface area contributed by atoms with E-state index < -0.39 is 0 Å². The van der Waals surface area contributed by atoms with Crippen molar-refractivity contribution in [3.05, 3.63) is 99.3 Å². The maximum absolute atomic E-state index is 13.7. The molecule has 0 aliphatic heterocycles. The summed E-state index contributed by atoms with van der Waals surface area (Å²) in [6.45, 7) is 4.14. The molecule has 6 nitrogen and oxygen atoms in total. The van der Waals surface area contributed by atoms with Gasteiger partial charge in [-0.25, -0.2) is 0 Å². The number of rotatable bonds is 6. The van der Waals surface area contributed by atoms with Crippen molar-refractivity contribution in [3.8, 4) is 11.5 Å². The molecular formula is C27H26N2O4. The number of hydrogen-bond donors (Lipinski definition) is 1. The molecule has 1 heterocycles. The fourth-order valence-corrected chi connectivity index (χ4v) is 3.78. The van der Waals surface area contributed by atoms with E-state index in [1.807, 2.05) is 62.4 Å². The first-order valence-electron chi connectivity index (χ1n) is 10.6. The van der Waals surface area contributed by atoms with Gasteiger partial charge in [0.2, 0.25) is 0 Å². The molecule has 0 atom stereocenters. The predicted molar refractivity (Wildman–Crippen MR) is 131 cm³/mol. The van der Waals surface area contributed by atoms with Gasteiger partial charge in [-0.05, 0) is 72.8 Å². The van der Waals surface area contributed by atoms with Gasteiger partial charge in [0, 0.05) is 22.3 Å². The van der Waals surface area contributed by atoms with E-state index in [0.717, 1.165) is 22.0 Å². The summed E-state index contributed by atoms with van der Waals surface area (Å²) in [4.78, 5) is 31.1. The number of aromatic amines is 1. The average Bonchev–Trinajstić information content (AvgIpc) is 2.83. The van der Waals surface area contributed by atoms with Crippen molar-refractivity contribution in [1.29, 1.82) is 0 Å². The van der Waals surface area contributed by atoms with Crippen molar-refractivity contribution in [2.75, 3.05) is 19.1 Å². The lowest BCUT2D eigenvalue weighted by molar-refractivity contribution is 0.0984. The number of para-hydroxylation sites is 1. The number of benzene rings is 3. The first-order valence-corrected chi connectivity index (χ1v) is 10.6. The topological polar surface area (TPSA) is 71.6 Å². The van der Waals surface area contributed by atoms with Gasteiger partial charge in [-0.3, -0.25) is 9.59 Å². The quantitative estimate of drug-likeness (QED) is 0.456. The van der Waals surface area contributed by atoms with Gasteiger partial charge in [-0.1, -0.05) is 24.3 Å². The molecule has 4 rings (SSSR count). The molecule has 0 aliphatic carbocycles. The number of ether oxygens (including phenoxy) is 2. The number of hydrogen-bond acceptors (Lipinski definition) is 4. The molecule has 0 radical (unpaired) electrons. The first kappa shape index (κ1) is 22.1. The molecule has 0 saturated heterocycles. The molecule has 0 spiro atoms. The first-order chi connectivity index (χ1) is 15.9. The van der Waals surface area contributed by atoms with Gasteiger partial charge < -0.3 is 19.4 Å². The molecule has 0 unspecified atom stereocenters. The van der Waals surface area contributed by atoms with Crippen LogP contribution in [0.4, 0.5) is 5.69 Å². The van der Waals surface area contributed by atoms with E-state index in [1.54, 1.807) is 30.2 Å². The Morgan fingerprint density at radius 2 is 1.64 bits per heavy atom. The zero-order valence-electron chi connectivity index (χ0n) is 19.1. The van der Waals surface area contributed by atoms with Crippen LogP contribution in [-0.2, 0) is 6.54 Å². The van der Waals surface area contributed by atoms with E-state index in [-0.39, 0.29) is 18.0 Å². The Balaban J connectivity index is 1.80. The largest absolute Gasteiger partial charge is 0.493 e. The van der Waals surface area contributed by atoms with Crippen molar-refractivity contribution >= 4 is 22.5 Å². The average molecular weight is 443 g/mol. The second-order valence-electron chi connectivity index (χ2n) is 7.94. The second kappa shape index (κ2) is 9.20. The number of amides is 1. The van der Waals surface area contributed by atoms with Crippen molar-refractivity contribution in [1.82, 2.24) is 4.98 Å². The summed E-state index contributed by atoms with van der Waals surface area (Å²) < 4.78 is 10.7. The molecule has 33 heavy (non-hydrogen) atoms. The van der Waals surface area contributed by atoms with Crippen LogP contribution in [-0.4, -0.2) is 25.1 Å². The molecule has 0 fully saturated rings. The standard InChI is InChI=1S/C27H26N2O4/c1-17-9-11-22(13-18(17)2)29(27(31)20-10-12-24(32-3)25(15-20)33-4)16-21-14-19-7-5-6-8-23(19)28-26(21)30/h5-15H,16H2,1-4H3,(H,28,30). The van der Waals surface area contributed by atoms with Crippen LogP contribution >= 0.6 is 0 Å². The number of carbonyl (C=O) groups excluding carboxylic acids is 1. The van der Waals surface area contributed by atoms with Gasteiger partial charge in [0.15, 0.2) is 11.5 Å². The zero-order valence-corrected chi connectivity index (χ0v) is 19.1. The van der Waals surface area contributed by atoms with E-state index in [1.165, 1.54) is 7.11 Å². The highest BCUT2D eigenvalue weighted by atomic mass is 16.5. The molecule has 168 valence electrons. The van der Waals surface area contributed by atoms with Gasteiger partial charge in [-0.15, -0.1) is 0 Å². The number of fused-ring (bicyclic) bond motifs is 1. The van der Waals surface area contributed by atoms with Gasteiger partial charge in [0.25, 0.3) is 11.5 Å². The Morgan fingerprint density at radius 3 is 2.36 bits per heavy atom. The normalized spacial score (nSPS) is 10.8. The van der Waals surface area contributed by atoms with E-state index in [0.29, 0.717) is 28.3 Å². The Labute approximate surface area is 192 Å². The number of anilines is 1. The van der Waals surface area contributed by atoms with Crippen molar-refractivity contribution in [2.45, 2.75) is 20.4 Å². The van der Waals surface area contributed by atoms with Gasteiger partial charge >= 0.3 is 0 Å². The van der Waals surface area contributed by atoms with Crippen LogP contribution < -0.4 is 19.9 Å². The third-order valence-corrected chi connectivity index (χ3v) is 5.84. The highest BCUT2D eigenvalue weighted by Crippen LogP contribution is 2.30. The summed E-state index contributed by atoms with van der Waals surface area (Å²) in [5.41, 5.74) is 4.37. The van der Waals surface area contributed by atoms with Gasteiger partial charge in [0.1, 0.15) is 0 Å². The van der Waals surface area contributed by atoms with Crippen LogP contribution in [0.3, 0.4) is 0 Å². The number of pyridine rings is 1. The maximum Gasteiger partial charge on any atom is 0.258 e. The van der Waals surface area contributed by atoms with Crippen LogP contribution in [0, 0.1) is 13.8 Å². The third-order valence-electron chi connectivity index (χ3n) is 5.84. The molecule has 1 aromatic heterocycles.